The second kappa shape index (κ2) is 9.11. The monoisotopic (exact) mass is 370 g/mol. The summed E-state index contributed by atoms with van der Waals surface area (Å²) in [5, 5.41) is 0. The van der Waals surface area contributed by atoms with Crippen LogP contribution in [0.15, 0.2) is 36.4 Å². The predicted molar refractivity (Wildman–Crippen MR) is 108 cm³/mol. The summed E-state index contributed by atoms with van der Waals surface area (Å²) in [6, 6.07) is 12.6. The van der Waals surface area contributed by atoms with Crippen molar-refractivity contribution < 1.29 is 14.2 Å². The maximum absolute atomic E-state index is 5.57. The normalized spacial score (nSPS) is 15.6. The maximum atomic E-state index is 5.57. The Labute approximate surface area is 162 Å². The quantitative estimate of drug-likeness (QED) is 0.747. The molecule has 0 saturated carbocycles. The maximum Gasteiger partial charge on any atom is 0.164 e. The van der Waals surface area contributed by atoms with Crippen LogP contribution in [0.1, 0.15) is 16.7 Å². The van der Waals surface area contributed by atoms with E-state index in [2.05, 4.69) is 41.0 Å². The molecular formula is C22H30N2O3. The highest BCUT2D eigenvalue weighted by atomic mass is 16.5. The molecule has 1 saturated heterocycles. The molecule has 1 fully saturated rings. The molecule has 0 amide bonds. The highest BCUT2D eigenvalue weighted by Gasteiger charge is 2.20. The molecule has 3 rings (SSSR count). The Morgan fingerprint density at radius 2 is 1.22 bits per heavy atom. The Balaban J connectivity index is 1.61. The summed E-state index contributed by atoms with van der Waals surface area (Å²) in [5.74, 6) is 2.28. The standard InChI is InChI=1S/C22H30N2O3/c1-17-7-5-6-8-18(17)15-23-9-11-24(12-10-23)16-19-13-21(26-3)22(27-4)14-20(19)25-2/h5-8,13-14H,9-12,15-16H2,1-4H3. The SMILES string of the molecule is COc1cc(OC)c(OC)cc1CN1CCN(Cc2ccccc2C)CC1. The van der Waals surface area contributed by atoms with Gasteiger partial charge in [0.15, 0.2) is 11.5 Å². The molecule has 1 heterocycles. The van der Waals surface area contributed by atoms with Crippen molar-refractivity contribution in [2.45, 2.75) is 20.0 Å². The molecule has 1 aliphatic heterocycles. The fourth-order valence-corrected chi connectivity index (χ4v) is 3.59. The molecule has 0 unspecified atom stereocenters. The van der Waals surface area contributed by atoms with E-state index in [0.29, 0.717) is 5.75 Å². The van der Waals surface area contributed by atoms with Crippen LogP contribution in [0.5, 0.6) is 17.2 Å². The molecule has 0 aromatic heterocycles. The number of benzene rings is 2. The number of rotatable bonds is 7. The lowest BCUT2D eigenvalue weighted by Gasteiger charge is -2.35. The number of ether oxygens (including phenoxy) is 3. The van der Waals surface area contributed by atoms with Crippen molar-refractivity contribution in [1.82, 2.24) is 9.80 Å². The number of methoxy groups -OCH3 is 3. The minimum atomic E-state index is 0.696. The van der Waals surface area contributed by atoms with Crippen LogP contribution in [-0.4, -0.2) is 57.3 Å². The first-order chi connectivity index (χ1) is 13.1. The van der Waals surface area contributed by atoms with Crippen LogP contribution in [0, 0.1) is 6.92 Å². The van der Waals surface area contributed by atoms with E-state index in [1.54, 1.807) is 21.3 Å². The van der Waals surface area contributed by atoms with E-state index in [4.69, 9.17) is 14.2 Å². The van der Waals surface area contributed by atoms with E-state index in [-0.39, 0.29) is 0 Å². The van der Waals surface area contributed by atoms with Gasteiger partial charge in [-0.25, -0.2) is 0 Å². The second-order valence-corrected chi connectivity index (χ2v) is 7.00. The van der Waals surface area contributed by atoms with Crippen LogP contribution >= 0.6 is 0 Å². The van der Waals surface area contributed by atoms with Crippen LogP contribution in [0.4, 0.5) is 0 Å². The molecule has 0 atom stereocenters. The number of hydrogen-bond donors (Lipinski definition) is 0. The average molecular weight is 370 g/mol. The fraction of sp³-hybridized carbons (Fsp3) is 0.455. The molecule has 146 valence electrons. The molecule has 0 spiro atoms. The zero-order chi connectivity index (χ0) is 19.2. The third-order valence-corrected chi connectivity index (χ3v) is 5.30. The summed E-state index contributed by atoms with van der Waals surface area (Å²) < 4.78 is 16.4. The number of piperazine rings is 1. The second-order valence-electron chi connectivity index (χ2n) is 7.00. The van der Waals surface area contributed by atoms with E-state index in [0.717, 1.165) is 56.3 Å². The Morgan fingerprint density at radius 3 is 1.78 bits per heavy atom. The molecule has 0 aliphatic carbocycles. The number of aryl methyl sites for hydroxylation is 1. The number of hydrogen-bond acceptors (Lipinski definition) is 5. The molecule has 0 bridgehead atoms. The van der Waals surface area contributed by atoms with Crippen molar-refractivity contribution >= 4 is 0 Å². The van der Waals surface area contributed by atoms with Crippen molar-refractivity contribution in [1.29, 1.82) is 0 Å². The van der Waals surface area contributed by atoms with Crippen LogP contribution in [0.2, 0.25) is 0 Å². The fourth-order valence-electron chi connectivity index (χ4n) is 3.59. The van der Waals surface area contributed by atoms with E-state index < -0.39 is 0 Å². The molecular weight excluding hydrogens is 340 g/mol. The van der Waals surface area contributed by atoms with E-state index in [1.165, 1.54) is 11.1 Å². The van der Waals surface area contributed by atoms with Gasteiger partial charge in [0, 0.05) is 50.9 Å². The molecule has 0 N–H and O–H groups in total. The zero-order valence-electron chi connectivity index (χ0n) is 16.8. The molecule has 2 aromatic carbocycles. The summed E-state index contributed by atoms with van der Waals surface area (Å²) >= 11 is 0. The summed E-state index contributed by atoms with van der Waals surface area (Å²) in [7, 11) is 5.01. The third kappa shape index (κ3) is 4.73. The van der Waals surface area contributed by atoms with Crippen molar-refractivity contribution in [2.75, 3.05) is 47.5 Å². The first-order valence-corrected chi connectivity index (χ1v) is 9.42. The molecule has 0 radical (unpaired) electrons. The van der Waals surface area contributed by atoms with Crippen LogP contribution < -0.4 is 14.2 Å². The van der Waals surface area contributed by atoms with Gasteiger partial charge in [0.05, 0.1) is 21.3 Å². The highest BCUT2D eigenvalue weighted by Crippen LogP contribution is 2.35. The van der Waals surface area contributed by atoms with E-state index in [9.17, 15) is 0 Å². The van der Waals surface area contributed by atoms with E-state index >= 15 is 0 Å². The Morgan fingerprint density at radius 1 is 0.704 bits per heavy atom. The van der Waals surface area contributed by atoms with E-state index in [1.807, 2.05) is 12.1 Å². The lowest BCUT2D eigenvalue weighted by atomic mass is 10.1. The van der Waals surface area contributed by atoms with Gasteiger partial charge in [-0.05, 0) is 24.1 Å². The van der Waals surface area contributed by atoms with Crippen LogP contribution in [0.25, 0.3) is 0 Å². The lowest BCUT2D eigenvalue weighted by molar-refractivity contribution is 0.121. The van der Waals surface area contributed by atoms with Gasteiger partial charge >= 0.3 is 0 Å². The summed E-state index contributed by atoms with van der Waals surface area (Å²) in [5.41, 5.74) is 3.92. The van der Waals surface area contributed by atoms with Gasteiger partial charge in [-0.15, -0.1) is 0 Å². The first kappa shape index (κ1) is 19.5. The van der Waals surface area contributed by atoms with Crippen molar-refractivity contribution in [3.63, 3.8) is 0 Å². The minimum Gasteiger partial charge on any atom is -0.496 e. The minimum absolute atomic E-state index is 0.696. The Bertz CT molecular complexity index is 755. The van der Waals surface area contributed by atoms with Gasteiger partial charge in [-0.3, -0.25) is 9.80 Å². The number of nitrogens with zero attached hydrogens (tertiary/aromatic N) is 2. The zero-order valence-corrected chi connectivity index (χ0v) is 16.8. The summed E-state index contributed by atoms with van der Waals surface area (Å²) in [4.78, 5) is 5.00. The lowest BCUT2D eigenvalue weighted by Crippen LogP contribution is -2.45. The van der Waals surface area contributed by atoms with Gasteiger partial charge in [-0.1, -0.05) is 24.3 Å². The summed E-state index contributed by atoms with van der Waals surface area (Å²) in [6.45, 7) is 8.30. The molecule has 5 nitrogen and oxygen atoms in total. The Hall–Kier alpha value is -2.24. The molecule has 5 heteroatoms. The highest BCUT2D eigenvalue weighted by molar-refractivity contribution is 5.50. The van der Waals surface area contributed by atoms with Gasteiger partial charge in [-0.2, -0.15) is 0 Å². The largest absolute Gasteiger partial charge is 0.496 e. The summed E-state index contributed by atoms with van der Waals surface area (Å²) in [6.07, 6.45) is 0. The predicted octanol–water partition coefficient (Wildman–Crippen LogP) is 3.34. The van der Waals surface area contributed by atoms with Crippen molar-refractivity contribution in [2.24, 2.45) is 0 Å². The van der Waals surface area contributed by atoms with Crippen molar-refractivity contribution in [3.05, 3.63) is 53.1 Å². The molecule has 27 heavy (non-hydrogen) atoms. The molecule has 2 aromatic rings. The Kier molecular flexibility index (Phi) is 6.58. The van der Waals surface area contributed by atoms with Gasteiger partial charge in [0.2, 0.25) is 0 Å². The topological polar surface area (TPSA) is 34.2 Å². The van der Waals surface area contributed by atoms with Gasteiger partial charge in [0.1, 0.15) is 5.75 Å². The smallest absolute Gasteiger partial charge is 0.164 e. The average Bonchev–Trinajstić information content (AvgIpc) is 2.70. The van der Waals surface area contributed by atoms with Gasteiger partial charge in [0.25, 0.3) is 0 Å². The molecule has 1 aliphatic rings. The third-order valence-electron chi connectivity index (χ3n) is 5.30. The van der Waals surface area contributed by atoms with Crippen LogP contribution in [-0.2, 0) is 13.1 Å². The van der Waals surface area contributed by atoms with Crippen LogP contribution in [0.3, 0.4) is 0 Å². The first-order valence-electron chi connectivity index (χ1n) is 9.42. The van der Waals surface area contributed by atoms with Crippen molar-refractivity contribution in [3.8, 4) is 17.2 Å². The van der Waals surface area contributed by atoms with Gasteiger partial charge < -0.3 is 14.2 Å².